The van der Waals surface area contributed by atoms with Crippen molar-refractivity contribution >= 4 is 5.97 Å². The van der Waals surface area contributed by atoms with Crippen LogP contribution < -0.4 is 4.74 Å². The second kappa shape index (κ2) is 9.54. The Morgan fingerprint density at radius 1 is 1.23 bits per heavy atom. The van der Waals surface area contributed by atoms with Crippen LogP contribution in [0.25, 0.3) is 0 Å². The lowest BCUT2D eigenvalue weighted by Gasteiger charge is -2.19. The van der Waals surface area contributed by atoms with Crippen LogP contribution in [-0.2, 0) is 19.5 Å². The van der Waals surface area contributed by atoms with Crippen LogP contribution in [0.3, 0.4) is 0 Å². The number of aromatic nitrogens is 3. The quantitative estimate of drug-likeness (QED) is 0.588. The molecule has 0 radical (unpaired) electrons. The van der Waals surface area contributed by atoms with E-state index in [0.29, 0.717) is 12.5 Å². The van der Waals surface area contributed by atoms with Crippen molar-refractivity contribution < 1.29 is 14.6 Å². The molecule has 1 saturated heterocycles. The highest BCUT2D eigenvalue weighted by atomic mass is 16.5. The summed E-state index contributed by atoms with van der Waals surface area (Å²) in [4.78, 5) is 21.7. The van der Waals surface area contributed by atoms with Gasteiger partial charge in [0.15, 0.2) is 0 Å². The molecule has 1 aliphatic heterocycles. The molecule has 1 aromatic carbocycles. The number of hydrogen-bond donors (Lipinski definition) is 1. The second-order valence-electron chi connectivity index (χ2n) is 7.74. The van der Waals surface area contributed by atoms with Gasteiger partial charge in [0, 0.05) is 43.4 Å². The molecule has 0 spiro atoms. The van der Waals surface area contributed by atoms with Crippen molar-refractivity contribution in [3.05, 3.63) is 78.1 Å². The molecule has 156 valence electrons. The molecule has 1 unspecified atom stereocenters. The van der Waals surface area contributed by atoms with Crippen molar-refractivity contribution in [3.8, 4) is 5.75 Å². The van der Waals surface area contributed by atoms with E-state index < -0.39 is 5.97 Å². The number of carbonyl (C=O) groups is 1. The zero-order valence-electron chi connectivity index (χ0n) is 16.9. The topological polar surface area (TPSA) is 80.5 Å². The number of likely N-dealkylation sites (tertiary alicyclic amines) is 1. The monoisotopic (exact) mass is 406 g/mol. The summed E-state index contributed by atoms with van der Waals surface area (Å²) in [6, 6.07) is 9.95. The first-order valence-electron chi connectivity index (χ1n) is 10.2. The Bertz CT molecular complexity index is 974. The Morgan fingerprint density at radius 3 is 2.97 bits per heavy atom. The van der Waals surface area contributed by atoms with Gasteiger partial charge in [-0.25, -0.2) is 9.78 Å². The number of nitrogens with zero attached hydrogens (tertiary/aromatic N) is 4. The van der Waals surface area contributed by atoms with Crippen molar-refractivity contribution in [1.82, 2.24) is 19.4 Å². The van der Waals surface area contributed by atoms with Crippen molar-refractivity contribution in [2.45, 2.75) is 25.9 Å². The minimum absolute atomic E-state index is 0.254. The summed E-state index contributed by atoms with van der Waals surface area (Å²) in [6.45, 7) is 4.23. The molecule has 7 nitrogen and oxygen atoms in total. The summed E-state index contributed by atoms with van der Waals surface area (Å²) in [5.74, 6) is 0.506. The van der Waals surface area contributed by atoms with Gasteiger partial charge in [0.2, 0.25) is 0 Å². The molecule has 0 aliphatic carbocycles. The lowest BCUT2D eigenvalue weighted by atomic mass is 9.99. The largest absolute Gasteiger partial charge is 0.491 e. The van der Waals surface area contributed by atoms with Crippen LogP contribution >= 0.6 is 0 Å². The molecule has 1 fully saturated rings. The summed E-state index contributed by atoms with van der Waals surface area (Å²) in [7, 11) is 0. The van der Waals surface area contributed by atoms with E-state index in [1.54, 1.807) is 24.8 Å². The number of carboxylic acids is 1. The SMILES string of the molecule is O=C(O)c1cncc(CC2CCN(Cc3ccccc3OCCn3ccnc3)C2)c1. The number of pyridine rings is 1. The van der Waals surface area contributed by atoms with Crippen LogP contribution in [0.5, 0.6) is 5.75 Å². The lowest BCUT2D eigenvalue weighted by molar-refractivity contribution is 0.0696. The molecule has 1 aliphatic rings. The van der Waals surface area contributed by atoms with Gasteiger partial charge in [-0.1, -0.05) is 18.2 Å². The lowest BCUT2D eigenvalue weighted by Crippen LogP contribution is -2.21. The average Bonchev–Trinajstić information content (AvgIpc) is 3.42. The molecule has 30 heavy (non-hydrogen) atoms. The fraction of sp³-hybridized carbons (Fsp3) is 0.348. The maximum Gasteiger partial charge on any atom is 0.337 e. The molecule has 0 bridgehead atoms. The van der Waals surface area contributed by atoms with E-state index in [4.69, 9.17) is 9.84 Å². The number of aromatic carboxylic acids is 1. The second-order valence-corrected chi connectivity index (χ2v) is 7.74. The smallest absolute Gasteiger partial charge is 0.337 e. The minimum atomic E-state index is -0.929. The average molecular weight is 406 g/mol. The van der Waals surface area contributed by atoms with Crippen LogP contribution in [0.2, 0.25) is 0 Å². The molecule has 1 N–H and O–H groups in total. The number of benzene rings is 1. The van der Waals surface area contributed by atoms with Gasteiger partial charge in [0.25, 0.3) is 0 Å². The van der Waals surface area contributed by atoms with E-state index in [0.717, 1.165) is 50.3 Å². The molecule has 7 heteroatoms. The van der Waals surface area contributed by atoms with E-state index in [2.05, 4.69) is 27.0 Å². The molecule has 2 aromatic heterocycles. The number of rotatable bonds is 9. The highest BCUT2D eigenvalue weighted by Crippen LogP contribution is 2.26. The Kier molecular flexibility index (Phi) is 6.39. The van der Waals surface area contributed by atoms with E-state index in [-0.39, 0.29) is 5.56 Å². The highest BCUT2D eigenvalue weighted by Gasteiger charge is 2.24. The van der Waals surface area contributed by atoms with Gasteiger partial charge in [-0.15, -0.1) is 0 Å². The molecule has 0 saturated carbocycles. The number of hydrogen-bond acceptors (Lipinski definition) is 5. The minimum Gasteiger partial charge on any atom is -0.491 e. The van der Waals surface area contributed by atoms with Gasteiger partial charge in [0.05, 0.1) is 18.4 Å². The highest BCUT2D eigenvalue weighted by molar-refractivity contribution is 5.87. The summed E-state index contributed by atoms with van der Waals surface area (Å²) < 4.78 is 8.04. The van der Waals surface area contributed by atoms with Crippen LogP contribution in [0.15, 0.2) is 61.4 Å². The van der Waals surface area contributed by atoms with E-state index >= 15 is 0 Å². The first-order chi connectivity index (χ1) is 14.7. The molecule has 3 aromatic rings. The summed E-state index contributed by atoms with van der Waals surface area (Å²) >= 11 is 0. The van der Waals surface area contributed by atoms with Gasteiger partial charge in [-0.2, -0.15) is 0 Å². The molecule has 1 atom stereocenters. The van der Waals surface area contributed by atoms with Crippen molar-refractivity contribution in [2.75, 3.05) is 19.7 Å². The van der Waals surface area contributed by atoms with Gasteiger partial charge in [0.1, 0.15) is 12.4 Å². The van der Waals surface area contributed by atoms with Crippen LogP contribution in [-0.4, -0.2) is 50.2 Å². The first-order valence-corrected chi connectivity index (χ1v) is 10.2. The van der Waals surface area contributed by atoms with Gasteiger partial charge >= 0.3 is 5.97 Å². The van der Waals surface area contributed by atoms with Gasteiger partial charge in [-0.05, 0) is 43.0 Å². The summed E-state index contributed by atoms with van der Waals surface area (Å²) in [6.07, 6.45) is 10.6. The summed E-state index contributed by atoms with van der Waals surface area (Å²) in [5.41, 5.74) is 2.44. The molecule has 3 heterocycles. The number of ether oxygens (including phenoxy) is 1. The molecule has 0 amide bonds. The Labute approximate surface area is 176 Å². The normalized spacial score (nSPS) is 16.6. The first kappa shape index (κ1) is 20.1. The van der Waals surface area contributed by atoms with E-state index in [1.165, 1.54) is 11.8 Å². The summed E-state index contributed by atoms with van der Waals surface area (Å²) in [5, 5.41) is 9.15. The zero-order valence-corrected chi connectivity index (χ0v) is 16.9. The standard InChI is InChI=1S/C23H26N4O3/c28-23(29)21-12-19(13-25-14-21)11-18-5-7-27(15-18)16-20-3-1-2-4-22(20)30-10-9-26-8-6-24-17-26/h1-4,6,8,12-14,17-18H,5,7,9-11,15-16H2,(H,28,29). The molecule has 4 rings (SSSR count). The van der Waals surface area contributed by atoms with Crippen LogP contribution in [0, 0.1) is 5.92 Å². The molecular weight excluding hydrogens is 380 g/mol. The van der Waals surface area contributed by atoms with Crippen molar-refractivity contribution in [1.29, 1.82) is 0 Å². The van der Waals surface area contributed by atoms with Crippen LogP contribution in [0.4, 0.5) is 0 Å². The Hall–Kier alpha value is -3.19. The predicted molar refractivity (Wildman–Crippen MR) is 112 cm³/mol. The van der Waals surface area contributed by atoms with Crippen LogP contribution in [0.1, 0.15) is 27.9 Å². The number of imidazole rings is 1. The van der Waals surface area contributed by atoms with Crippen molar-refractivity contribution in [3.63, 3.8) is 0 Å². The zero-order chi connectivity index (χ0) is 20.8. The maximum absolute atomic E-state index is 11.2. The fourth-order valence-corrected chi connectivity index (χ4v) is 3.97. The molecular formula is C23H26N4O3. The van der Waals surface area contributed by atoms with Gasteiger partial charge < -0.3 is 14.4 Å². The van der Waals surface area contributed by atoms with Crippen molar-refractivity contribution in [2.24, 2.45) is 5.92 Å². The third-order valence-corrected chi connectivity index (χ3v) is 5.47. The Balaban J connectivity index is 1.31. The van der Waals surface area contributed by atoms with E-state index in [9.17, 15) is 4.79 Å². The number of para-hydroxylation sites is 1. The number of carboxylic acid groups (broad SMARTS) is 1. The van der Waals surface area contributed by atoms with E-state index in [1.807, 2.05) is 22.9 Å². The van der Waals surface area contributed by atoms with Gasteiger partial charge in [-0.3, -0.25) is 9.88 Å². The fourth-order valence-electron chi connectivity index (χ4n) is 3.97. The predicted octanol–water partition coefficient (Wildman–Crippen LogP) is 3.12. The third kappa shape index (κ3) is 5.24. The Morgan fingerprint density at radius 2 is 2.13 bits per heavy atom. The maximum atomic E-state index is 11.2. The third-order valence-electron chi connectivity index (χ3n) is 5.47.